The third-order valence-corrected chi connectivity index (χ3v) is 6.32. The smallest absolute Gasteiger partial charge is 0.296 e. The van der Waals surface area contributed by atoms with E-state index < -0.39 is 23.1 Å². The number of nitrogens with one attached hydrogen (secondary N) is 2. The van der Waals surface area contributed by atoms with Crippen molar-refractivity contribution in [2.45, 2.75) is 59.8 Å². The lowest BCUT2D eigenvalue weighted by molar-refractivity contribution is -0.136. The topological polar surface area (TPSA) is 137 Å². The predicted molar refractivity (Wildman–Crippen MR) is 152 cm³/mol. The fourth-order valence-corrected chi connectivity index (χ4v) is 4.08. The van der Waals surface area contributed by atoms with Crippen molar-refractivity contribution < 1.29 is 23.9 Å². The minimum Gasteiger partial charge on any atom is -0.501 e. The Hall–Kier alpha value is -3.64. The van der Waals surface area contributed by atoms with Gasteiger partial charge in [-0.15, -0.1) is 0 Å². The molecule has 0 fully saturated rings. The second kappa shape index (κ2) is 16.5. The van der Waals surface area contributed by atoms with Gasteiger partial charge in [-0.05, 0) is 44.5 Å². The van der Waals surface area contributed by atoms with Crippen molar-refractivity contribution in [1.82, 2.24) is 30.0 Å². The number of amides is 2. The number of benzene rings is 1. The molecule has 40 heavy (non-hydrogen) atoms. The summed E-state index contributed by atoms with van der Waals surface area (Å²) in [6.07, 6.45) is 0.278. The van der Waals surface area contributed by atoms with Crippen LogP contribution in [0.4, 0.5) is 4.39 Å². The summed E-state index contributed by atoms with van der Waals surface area (Å²) >= 11 is 0. The molecule has 0 bridgehead atoms. The number of nitrogens with zero attached hydrogens (tertiary/aromatic N) is 4. The summed E-state index contributed by atoms with van der Waals surface area (Å²) in [4.78, 5) is 53.3. The van der Waals surface area contributed by atoms with Crippen molar-refractivity contribution in [2.24, 2.45) is 5.92 Å². The van der Waals surface area contributed by atoms with Crippen LogP contribution in [0.1, 0.15) is 62.5 Å². The molecular weight excluding hydrogens is 519 g/mol. The minimum absolute atomic E-state index is 0.116. The van der Waals surface area contributed by atoms with E-state index in [1.165, 1.54) is 35.7 Å². The van der Waals surface area contributed by atoms with Gasteiger partial charge in [-0.3, -0.25) is 28.6 Å². The number of aldehydes is 1. The van der Waals surface area contributed by atoms with Crippen LogP contribution in [0.2, 0.25) is 0 Å². The lowest BCUT2D eigenvalue weighted by atomic mass is 9.98. The molecule has 2 atom stereocenters. The Labute approximate surface area is 235 Å². The summed E-state index contributed by atoms with van der Waals surface area (Å²) in [6, 6.07) is 5.76. The third-order valence-electron chi connectivity index (χ3n) is 6.32. The maximum atomic E-state index is 13.1. The van der Waals surface area contributed by atoms with Crippen molar-refractivity contribution in [2.75, 3.05) is 34.2 Å². The zero-order chi connectivity index (χ0) is 30.6. The molecule has 1 aliphatic heterocycles. The van der Waals surface area contributed by atoms with Crippen LogP contribution >= 0.6 is 0 Å². The van der Waals surface area contributed by atoms with E-state index in [2.05, 4.69) is 41.3 Å². The van der Waals surface area contributed by atoms with E-state index in [9.17, 15) is 28.7 Å². The number of aromatic nitrogens is 2. The zero-order valence-electron chi connectivity index (χ0n) is 24.7. The fourth-order valence-electron chi connectivity index (χ4n) is 4.08. The molecule has 0 spiro atoms. The predicted octanol–water partition coefficient (Wildman–Crippen LogP) is 1.94. The molecule has 0 saturated heterocycles. The highest BCUT2D eigenvalue weighted by Crippen LogP contribution is 2.25. The Morgan fingerprint density at radius 3 is 2.27 bits per heavy atom. The molecule has 0 radical (unpaired) electrons. The lowest BCUT2D eigenvalue weighted by Gasteiger charge is -2.36. The number of aromatic hydroxyl groups is 1. The van der Waals surface area contributed by atoms with Gasteiger partial charge in [0.25, 0.3) is 17.4 Å². The molecule has 1 aromatic heterocycles. The van der Waals surface area contributed by atoms with Crippen LogP contribution in [0, 0.1) is 11.7 Å². The van der Waals surface area contributed by atoms with Gasteiger partial charge in [-0.25, -0.2) is 9.37 Å². The van der Waals surface area contributed by atoms with Crippen LogP contribution in [-0.4, -0.2) is 82.8 Å². The van der Waals surface area contributed by atoms with Gasteiger partial charge in [-0.1, -0.05) is 32.9 Å². The van der Waals surface area contributed by atoms with E-state index in [1.54, 1.807) is 19.2 Å². The van der Waals surface area contributed by atoms with Crippen molar-refractivity contribution in [3.8, 4) is 5.75 Å². The third kappa shape index (κ3) is 9.23. The largest absolute Gasteiger partial charge is 0.501 e. The Bertz CT molecular complexity index is 1180. The number of fused-ring (bicyclic) bond motifs is 1. The van der Waals surface area contributed by atoms with E-state index >= 15 is 0 Å². The SMILES string of the molecule is CC.CN(C)C(=O)C=O.CNC1c2nc(C(=O)NCc3ccc(F)cc3)c(O)c(=O)n2CCN(C(C)C)CC1C. The second-order valence-corrected chi connectivity index (χ2v) is 9.62. The molecule has 2 amide bonds. The minimum atomic E-state index is -0.667. The molecule has 2 unspecified atom stereocenters. The molecule has 12 heteroatoms. The van der Waals surface area contributed by atoms with Crippen LogP contribution in [0.5, 0.6) is 5.75 Å². The number of hydrogen-bond donors (Lipinski definition) is 3. The first-order chi connectivity index (χ1) is 18.9. The Morgan fingerprint density at radius 1 is 1.20 bits per heavy atom. The highest BCUT2D eigenvalue weighted by atomic mass is 19.1. The summed E-state index contributed by atoms with van der Waals surface area (Å²) in [5.74, 6) is -1.64. The normalized spacial score (nSPS) is 16.6. The van der Waals surface area contributed by atoms with E-state index in [-0.39, 0.29) is 36.3 Å². The van der Waals surface area contributed by atoms with Gasteiger partial charge in [0.2, 0.25) is 12.0 Å². The van der Waals surface area contributed by atoms with Gasteiger partial charge >= 0.3 is 0 Å². The van der Waals surface area contributed by atoms with E-state index in [0.717, 1.165) is 6.54 Å². The first kappa shape index (κ1) is 34.4. The molecule has 1 aliphatic rings. The van der Waals surface area contributed by atoms with Crippen molar-refractivity contribution in [3.63, 3.8) is 0 Å². The second-order valence-electron chi connectivity index (χ2n) is 9.62. The number of carbonyl (C=O) groups is 3. The Balaban J connectivity index is 0.000000775. The average molecular weight is 563 g/mol. The molecule has 3 N–H and O–H groups in total. The average Bonchev–Trinajstić information content (AvgIpc) is 2.93. The molecule has 11 nitrogen and oxygen atoms in total. The summed E-state index contributed by atoms with van der Waals surface area (Å²) in [5, 5.41) is 16.3. The van der Waals surface area contributed by atoms with E-state index in [4.69, 9.17) is 0 Å². The number of carbonyl (C=O) groups excluding carboxylic acids is 3. The first-order valence-corrected chi connectivity index (χ1v) is 13.3. The number of likely N-dealkylation sites (N-methyl/N-ethyl adjacent to an activating group) is 1. The van der Waals surface area contributed by atoms with Gasteiger partial charge in [-0.2, -0.15) is 0 Å². The molecule has 2 heterocycles. The van der Waals surface area contributed by atoms with Crippen LogP contribution in [0.25, 0.3) is 0 Å². The van der Waals surface area contributed by atoms with Crippen LogP contribution in [0.3, 0.4) is 0 Å². The van der Waals surface area contributed by atoms with E-state index in [1.807, 2.05) is 13.8 Å². The summed E-state index contributed by atoms with van der Waals surface area (Å²) in [7, 11) is 4.84. The van der Waals surface area contributed by atoms with Gasteiger partial charge in [0.05, 0.1) is 6.04 Å². The van der Waals surface area contributed by atoms with Crippen LogP contribution in [-0.2, 0) is 22.7 Å². The quantitative estimate of drug-likeness (QED) is 0.359. The molecule has 2 aromatic rings. The number of hydrogen-bond acceptors (Lipinski definition) is 8. The number of halogens is 1. The fraction of sp³-hybridized carbons (Fsp3) is 0.536. The monoisotopic (exact) mass is 562 g/mol. The molecule has 3 rings (SSSR count). The van der Waals surface area contributed by atoms with Gasteiger partial charge < -0.3 is 20.6 Å². The molecule has 0 aliphatic carbocycles. The standard InChI is InChI=1S/C22H30FN5O3.C4H7NO2.C2H6/c1-13(2)27-9-10-28-20(17(24-4)14(3)12-27)26-18(19(29)22(28)31)21(30)25-11-15-5-7-16(23)8-6-15;1-5(2)4(7)3-6;1-2/h5-8,13-14,17,24,29H,9-12H2,1-4H3,(H,25,30);3H,1-2H3;1-2H3. The van der Waals surface area contributed by atoms with Crippen LogP contribution in [0.15, 0.2) is 29.1 Å². The van der Waals surface area contributed by atoms with Crippen molar-refractivity contribution in [3.05, 3.63) is 57.5 Å². The lowest BCUT2D eigenvalue weighted by Crippen LogP contribution is -2.46. The first-order valence-electron chi connectivity index (χ1n) is 13.3. The maximum Gasteiger partial charge on any atom is 0.296 e. The van der Waals surface area contributed by atoms with E-state index in [0.29, 0.717) is 30.5 Å². The number of rotatable bonds is 6. The van der Waals surface area contributed by atoms with Crippen molar-refractivity contribution >= 4 is 18.1 Å². The van der Waals surface area contributed by atoms with Crippen LogP contribution < -0.4 is 16.2 Å². The molecular formula is C28H43FN6O5. The summed E-state index contributed by atoms with van der Waals surface area (Å²) in [6.45, 7) is 12.2. The molecule has 222 valence electrons. The van der Waals surface area contributed by atoms with Gasteiger partial charge in [0.15, 0.2) is 5.69 Å². The Morgan fingerprint density at radius 2 is 1.80 bits per heavy atom. The molecule has 1 aromatic carbocycles. The highest BCUT2D eigenvalue weighted by Gasteiger charge is 2.31. The van der Waals surface area contributed by atoms with Crippen molar-refractivity contribution in [1.29, 1.82) is 0 Å². The highest BCUT2D eigenvalue weighted by molar-refractivity contribution is 6.23. The maximum absolute atomic E-state index is 13.1. The Kier molecular flexibility index (Phi) is 14.2. The molecule has 0 saturated carbocycles. The summed E-state index contributed by atoms with van der Waals surface area (Å²) < 4.78 is 14.5. The zero-order valence-corrected chi connectivity index (χ0v) is 24.7. The van der Waals surface area contributed by atoms with Gasteiger partial charge in [0, 0.05) is 46.3 Å². The van der Waals surface area contributed by atoms with Gasteiger partial charge in [0.1, 0.15) is 11.6 Å². The summed E-state index contributed by atoms with van der Waals surface area (Å²) in [5.41, 5.74) is -0.241.